The second kappa shape index (κ2) is 6.83. The Kier molecular flexibility index (Phi) is 5.32. The average Bonchev–Trinajstić information content (AvgIpc) is 2.92. The van der Waals surface area contributed by atoms with Gasteiger partial charge in [-0.3, -0.25) is 0 Å². The number of nitrogens with one attached hydrogen (secondary N) is 1. The highest BCUT2D eigenvalue weighted by atomic mass is 16.5. The molecule has 0 aliphatic heterocycles. The van der Waals surface area contributed by atoms with E-state index < -0.39 is 0 Å². The number of likely N-dealkylation sites (N-methyl/N-ethyl adjacent to an activating group) is 1. The van der Waals surface area contributed by atoms with Gasteiger partial charge in [-0.15, -0.1) is 0 Å². The number of ether oxygens (including phenoxy) is 1. The van der Waals surface area contributed by atoms with Crippen molar-refractivity contribution in [1.82, 2.24) is 5.32 Å². The summed E-state index contributed by atoms with van der Waals surface area (Å²) in [6.45, 7) is 9.64. The van der Waals surface area contributed by atoms with Crippen LogP contribution in [-0.4, -0.2) is 19.7 Å². The zero-order chi connectivity index (χ0) is 15.5. The van der Waals surface area contributed by atoms with Crippen molar-refractivity contribution in [2.75, 3.05) is 13.7 Å². The van der Waals surface area contributed by atoms with Gasteiger partial charge < -0.3 is 10.1 Å². The molecule has 0 radical (unpaired) electrons. The zero-order valence-electron chi connectivity index (χ0n) is 14.3. The van der Waals surface area contributed by atoms with Crippen LogP contribution >= 0.6 is 0 Å². The van der Waals surface area contributed by atoms with Crippen LogP contribution in [0, 0.1) is 12.8 Å². The van der Waals surface area contributed by atoms with E-state index in [2.05, 4.69) is 58.3 Å². The van der Waals surface area contributed by atoms with Crippen LogP contribution in [0.25, 0.3) is 0 Å². The fourth-order valence-corrected chi connectivity index (χ4v) is 3.36. The first-order chi connectivity index (χ1) is 9.91. The van der Waals surface area contributed by atoms with Gasteiger partial charge in [0.25, 0.3) is 0 Å². The predicted molar refractivity (Wildman–Crippen MR) is 90.2 cm³/mol. The van der Waals surface area contributed by atoms with Crippen LogP contribution in [0.15, 0.2) is 18.2 Å². The molecular formula is C19H31NO. The summed E-state index contributed by atoms with van der Waals surface area (Å²) in [5.74, 6) is 1.83. The third kappa shape index (κ3) is 4.23. The van der Waals surface area contributed by atoms with Gasteiger partial charge in [-0.1, -0.05) is 45.7 Å². The van der Waals surface area contributed by atoms with E-state index in [0.717, 1.165) is 18.3 Å². The highest BCUT2D eigenvalue weighted by Gasteiger charge is 2.25. The van der Waals surface area contributed by atoms with Gasteiger partial charge >= 0.3 is 0 Å². The van der Waals surface area contributed by atoms with E-state index in [1.54, 1.807) is 0 Å². The molecule has 2 nitrogen and oxygen atoms in total. The Hall–Kier alpha value is -1.02. The first-order valence-electron chi connectivity index (χ1n) is 8.33. The topological polar surface area (TPSA) is 21.3 Å². The molecule has 1 aromatic rings. The molecule has 0 amide bonds. The zero-order valence-corrected chi connectivity index (χ0v) is 14.3. The Labute approximate surface area is 130 Å². The van der Waals surface area contributed by atoms with Gasteiger partial charge in [0.05, 0.1) is 0 Å². The highest BCUT2D eigenvalue weighted by molar-refractivity contribution is 5.41. The molecule has 0 heterocycles. The van der Waals surface area contributed by atoms with E-state index in [4.69, 9.17) is 4.74 Å². The molecule has 1 saturated carbocycles. The van der Waals surface area contributed by atoms with Crippen LogP contribution in [0.5, 0.6) is 5.75 Å². The van der Waals surface area contributed by atoms with Crippen molar-refractivity contribution in [1.29, 1.82) is 0 Å². The second-order valence-corrected chi connectivity index (χ2v) is 7.50. The van der Waals surface area contributed by atoms with Crippen molar-refractivity contribution in [3.63, 3.8) is 0 Å². The molecule has 1 N–H and O–H groups in total. The summed E-state index contributed by atoms with van der Waals surface area (Å²) in [6, 6.07) is 7.05. The van der Waals surface area contributed by atoms with Crippen LogP contribution in [-0.2, 0) is 5.41 Å². The van der Waals surface area contributed by atoms with E-state index in [1.165, 1.54) is 36.8 Å². The van der Waals surface area contributed by atoms with Gasteiger partial charge in [0.2, 0.25) is 0 Å². The monoisotopic (exact) mass is 289 g/mol. The lowest BCUT2D eigenvalue weighted by Gasteiger charge is -2.27. The summed E-state index contributed by atoms with van der Waals surface area (Å²) < 4.78 is 6.25. The molecule has 1 fully saturated rings. The third-order valence-corrected chi connectivity index (χ3v) is 4.70. The molecule has 0 spiro atoms. The maximum Gasteiger partial charge on any atom is 0.123 e. The molecular weight excluding hydrogens is 258 g/mol. The predicted octanol–water partition coefficient (Wildman–Crippen LogP) is 4.45. The van der Waals surface area contributed by atoms with Crippen molar-refractivity contribution in [3.8, 4) is 5.75 Å². The quantitative estimate of drug-likeness (QED) is 0.864. The fraction of sp³-hybridized carbons (Fsp3) is 0.684. The standard InChI is InChI=1S/C19H31NO/c1-14-10-11-16(19(2,3)4)18(12-14)21-13-17(20-5)15-8-6-7-9-15/h10-12,15,17,20H,6-9,13H2,1-5H3. The molecule has 1 atom stereocenters. The normalized spacial score (nSPS) is 18.0. The average molecular weight is 289 g/mol. The first-order valence-corrected chi connectivity index (χ1v) is 8.33. The number of hydrogen-bond donors (Lipinski definition) is 1. The van der Waals surface area contributed by atoms with Crippen molar-refractivity contribution < 1.29 is 4.74 Å². The van der Waals surface area contributed by atoms with Crippen molar-refractivity contribution in [3.05, 3.63) is 29.3 Å². The molecule has 1 unspecified atom stereocenters. The second-order valence-electron chi connectivity index (χ2n) is 7.50. The summed E-state index contributed by atoms with van der Waals surface area (Å²) in [4.78, 5) is 0. The number of rotatable bonds is 5. The Morgan fingerprint density at radius 3 is 2.48 bits per heavy atom. The van der Waals surface area contributed by atoms with Crippen molar-refractivity contribution >= 4 is 0 Å². The molecule has 21 heavy (non-hydrogen) atoms. The molecule has 2 rings (SSSR count). The smallest absolute Gasteiger partial charge is 0.123 e. The van der Waals surface area contributed by atoms with E-state index in [9.17, 15) is 0 Å². The minimum absolute atomic E-state index is 0.117. The van der Waals surface area contributed by atoms with Crippen molar-refractivity contribution in [2.24, 2.45) is 5.92 Å². The molecule has 0 aromatic heterocycles. The molecule has 0 saturated heterocycles. The Balaban J connectivity index is 2.09. The van der Waals surface area contributed by atoms with Gasteiger partial charge in [-0.2, -0.15) is 0 Å². The molecule has 1 aliphatic carbocycles. The first kappa shape index (κ1) is 16.4. The van der Waals surface area contributed by atoms with Crippen LogP contribution in [0.2, 0.25) is 0 Å². The minimum atomic E-state index is 0.117. The minimum Gasteiger partial charge on any atom is -0.492 e. The van der Waals surface area contributed by atoms with Crippen LogP contribution in [0.3, 0.4) is 0 Å². The van der Waals surface area contributed by atoms with Gasteiger partial charge in [-0.05, 0) is 55.3 Å². The van der Waals surface area contributed by atoms with Gasteiger partial charge in [0.15, 0.2) is 0 Å². The van der Waals surface area contributed by atoms with E-state index in [1.807, 2.05) is 0 Å². The third-order valence-electron chi connectivity index (χ3n) is 4.70. The maximum atomic E-state index is 6.25. The largest absolute Gasteiger partial charge is 0.492 e. The summed E-state index contributed by atoms with van der Waals surface area (Å²) >= 11 is 0. The molecule has 2 heteroatoms. The van der Waals surface area contributed by atoms with Crippen LogP contribution < -0.4 is 10.1 Å². The lowest BCUT2D eigenvalue weighted by Crippen LogP contribution is -2.38. The van der Waals surface area contributed by atoms with E-state index in [0.29, 0.717) is 6.04 Å². The number of benzene rings is 1. The maximum absolute atomic E-state index is 6.25. The summed E-state index contributed by atoms with van der Waals surface area (Å²) in [7, 11) is 2.06. The van der Waals surface area contributed by atoms with Gasteiger partial charge in [0, 0.05) is 6.04 Å². The Morgan fingerprint density at radius 2 is 1.90 bits per heavy atom. The lowest BCUT2D eigenvalue weighted by molar-refractivity contribution is 0.221. The van der Waals surface area contributed by atoms with Crippen LogP contribution in [0.4, 0.5) is 0 Å². The highest BCUT2D eigenvalue weighted by Crippen LogP contribution is 2.33. The fourth-order valence-electron chi connectivity index (χ4n) is 3.36. The number of aryl methyl sites for hydroxylation is 1. The Bertz CT molecular complexity index is 455. The number of hydrogen-bond acceptors (Lipinski definition) is 2. The van der Waals surface area contributed by atoms with E-state index in [-0.39, 0.29) is 5.41 Å². The van der Waals surface area contributed by atoms with Gasteiger partial charge in [0.1, 0.15) is 12.4 Å². The van der Waals surface area contributed by atoms with Crippen LogP contribution in [0.1, 0.15) is 57.6 Å². The SMILES string of the molecule is CNC(COc1cc(C)ccc1C(C)(C)C)C1CCCC1. The summed E-state index contributed by atoms with van der Waals surface area (Å²) in [5.41, 5.74) is 2.68. The summed E-state index contributed by atoms with van der Waals surface area (Å²) in [5, 5.41) is 3.46. The summed E-state index contributed by atoms with van der Waals surface area (Å²) in [6.07, 6.45) is 5.44. The Morgan fingerprint density at radius 1 is 1.24 bits per heavy atom. The molecule has 1 aliphatic rings. The van der Waals surface area contributed by atoms with Gasteiger partial charge in [-0.25, -0.2) is 0 Å². The lowest BCUT2D eigenvalue weighted by atomic mass is 9.86. The van der Waals surface area contributed by atoms with Crippen molar-refractivity contribution in [2.45, 2.75) is 64.8 Å². The molecule has 1 aromatic carbocycles. The molecule has 118 valence electrons. The van der Waals surface area contributed by atoms with E-state index >= 15 is 0 Å². The molecule has 0 bridgehead atoms.